The number of pyridine rings is 1. The fourth-order valence-electron chi connectivity index (χ4n) is 2.04. The summed E-state index contributed by atoms with van der Waals surface area (Å²) in [4.78, 5) is 12.0. The number of aromatic amines is 1. The molecule has 5 nitrogen and oxygen atoms in total. The van der Waals surface area contributed by atoms with Gasteiger partial charge >= 0.3 is 0 Å². The average molecular weight is 287 g/mol. The number of sulfone groups is 1. The van der Waals surface area contributed by atoms with Crippen LogP contribution in [0.4, 0.5) is 0 Å². The van der Waals surface area contributed by atoms with Gasteiger partial charge in [-0.1, -0.05) is 0 Å². The molecular weight excluding hydrogens is 274 g/mol. The monoisotopic (exact) mass is 287 g/mol. The van der Waals surface area contributed by atoms with Gasteiger partial charge in [0.1, 0.15) is 5.82 Å². The lowest BCUT2D eigenvalue weighted by Crippen LogP contribution is -1.96. The molecule has 102 valence electrons. The van der Waals surface area contributed by atoms with Crippen molar-refractivity contribution in [3.05, 3.63) is 42.2 Å². The third-order valence-corrected chi connectivity index (χ3v) is 4.14. The molecule has 3 aromatic rings. The molecule has 0 aliphatic heterocycles. The van der Waals surface area contributed by atoms with Gasteiger partial charge in [0.05, 0.1) is 15.9 Å². The lowest BCUT2D eigenvalue weighted by Gasteiger charge is -1.97. The van der Waals surface area contributed by atoms with Crippen molar-refractivity contribution in [1.29, 1.82) is 0 Å². The molecule has 3 rings (SSSR count). The summed E-state index contributed by atoms with van der Waals surface area (Å²) in [5.74, 6) is 0.682. The summed E-state index contributed by atoms with van der Waals surface area (Å²) < 4.78 is 23.1. The van der Waals surface area contributed by atoms with Crippen LogP contribution in [0.25, 0.3) is 22.4 Å². The summed E-state index contributed by atoms with van der Waals surface area (Å²) in [6.07, 6.45) is 4.69. The van der Waals surface area contributed by atoms with Crippen LogP contribution < -0.4 is 0 Å². The van der Waals surface area contributed by atoms with E-state index in [0.29, 0.717) is 11.3 Å². The molecule has 0 bridgehead atoms. The van der Waals surface area contributed by atoms with Gasteiger partial charge in [0.2, 0.25) is 0 Å². The van der Waals surface area contributed by atoms with Crippen LogP contribution in [-0.2, 0) is 9.84 Å². The van der Waals surface area contributed by atoms with Crippen LogP contribution in [0.5, 0.6) is 0 Å². The molecule has 20 heavy (non-hydrogen) atoms. The second-order valence-electron chi connectivity index (χ2n) is 4.79. The second-order valence-corrected chi connectivity index (χ2v) is 6.80. The molecule has 1 N–H and O–H groups in total. The zero-order chi connectivity index (χ0) is 14.3. The van der Waals surface area contributed by atoms with Crippen molar-refractivity contribution in [2.45, 2.75) is 11.8 Å². The average Bonchev–Trinajstić information content (AvgIpc) is 2.80. The summed E-state index contributed by atoms with van der Waals surface area (Å²) in [6, 6.07) is 6.85. The van der Waals surface area contributed by atoms with E-state index in [9.17, 15) is 8.42 Å². The van der Waals surface area contributed by atoms with Gasteiger partial charge in [0.25, 0.3) is 0 Å². The molecular formula is C14H13N3O2S. The van der Waals surface area contributed by atoms with Crippen LogP contribution in [-0.4, -0.2) is 29.6 Å². The topological polar surface area (TPSA) is 75.7 Å². The zero-order valence-electron chi connectivity index (χ0n) is 11.1. The summed E-state index contributed by atoms with van der Waals surface area (Å²) in [7, 11) is -3.22. The molecule has 1 aromatic carbocycles. The highest BCUT2D eigenvalue weighted by Gasteiger charge is 2.11. The Labute approximate surface area is 116 Å². The second kappa shape index (κ2) is 4.42. The first-order chi connectivity index (χ1) is 9.43. The number of H-pyrrole nitrogens is 1. The van der Waals surface area contributed by atoms with E-state index in [-0.39, 0.29) is 4.90 Å². The van der Waals surface area contributed by atoms with Crippen LogP contribution in [0.1, 0.15) is 5.56 Å². The minimum Gasteiger partial charge on any atom is -0.338 e. The number of hydrogen-bond donors (Lipinski definition) is 1. The standard InChI is InChI=1S/C14H13N3O2S/c1-9-5-10(8-15-7-9)14-16-12-4-3-11(20(2,18)19)6-13(12)17-14/h3-8H,1-2H3,(H,16,17). The SMILES string of the molecule is Cc1cncc(-c2nc3ccc(S(C)(=O)=O)cc3[nH]2)c1. The molecule has 2 heterocycles. The van der Waals surface area contributed by atoms with Gasteiger partial charge < -0.3 is 4.98 Å². The van der Waals surface area contributed by atoms with Gasteiger partial charge in [-0.3, -0.25) is 4.98 Å². The van der Waals surface area contributed by atoms with Crippen LogP contribution in [0.3, 0.4) is 0 Å². The van der Waals surface area contributed by atoms with E-state index in [2.05, 4.69) is 15.0 Å². The van der Waals surface area contributed by atoms with E-state index < -0.39 is 9.84 Å². The number of fused-ring (bicyclic) bond motifs is 1. The number of aromatic nitrogens is 3. The van der Waals surface area contributed by atoms with Crippen molar-refractivity contribution >= 4 is 20.9 Å². The molecule has 0 saturated heterocycles. The number of nitrogens with zero attached hydrogens (tertiary/aromatic N) is 2. The molecule has 0 saturated carbocycles. The third-order valence-electron chi connectivity index (χ3n) is 3.03. The van der Waals surface area contributed by atoms with Gasteiger partial charge in [0, 0.05) is 24.2 Å². The Kier molecular flexibility index (Phi) is 2.83. The summed E-state index contributed by atoms with van der Waals surface area (Å²) in [6.45, 7) is 1.96. The van der Waals surface area contributed by atoms with Crippen LogP contribution in [0.2, 0.25) is 0 Å². The minimum absolute atomic E-state index is 0.280. The van der Waals surface area contributed by atoms with Crippen molar-refractivity contribution in [3.63, 3.8) is 0 Å². The Hall–Kier alpha value is -2.21. The van der Waals surface area contributed by atoms with E-state index in [4.69, 9.17) is 0 Å². The highest BCUT2D eigenvalue weighted by Crippen LogP contribution is 2.22. The number of aryl methyl sites for hydroxylation is 1. The van der Waals surface area contributed by atoms with Gasteiger partial charge in [-0.25, -0.2) is 13.4 Å². The number of rotatable bonds is 2. The molecule has 0 atom stereocenters. The van der Waals surface area contributed by atoms with Gasteiger partial charge in [-0.15, -0.1) is 0 Å². The van der Waals surface area contributed by atoms with Crippen LogP contribution >= 0.6 is 0 Å². The largest absolute Gasteiger partial charge is 0.338 e. The Balaban J connectivity index is 2.16. The van der Waals surface area contributed by atoms with Crippen LogP contribution in [0, 0.1) is 6.92 Å². The molecule has 0 aliphatic carbocycles. The Bertz CT molecular complexity index is 898. The van der Waals surface area contributed by atoms with Gasteiger partial charge in [0.15, 0.2) is 9.84 Å². The smallest absolute Gasteiger partial charge is 0.175 e. The van der Waals surface area contributed by atoms with Crippen molar-refractivity contribution in [2.75, 3.05) is 6.26 Å². The van der Waals surface area contributed by atoms with Crippen LogP contribution in [0.15, 0.2) is 41.6 Å². The highest BCUT2D eigenvalue weighted by molar-refractivity contribution is 7.90. The Morgan fingerprint density at radius 2 is 1.95 bits per heavy atom. The van der Waals surface area contributed by atoms with Gasteiger partial charge in [-0.2, -0.15) is 0 Å². The van der Waals surface area contributed by atoms with Crippen molar-refractivity contribution in [1.82, 2.24) is 15.0 Å². The normalized spacial score (nSPS) is 11.9. The van der Waals surface area contributed by atoms with E-state index in [1.165, 1.54) is 6.26 Å². The number of imidazole rings is 1. The molecule has 0 aliphatic rings. The highest BCUT2D eigenvalue weighted by atomic mass is 32.2. The summed E-state index contributed by atoms with van der Waals surface area (Å²) in [5.41, 5.74) is 3.35. The molecule has 2 aromatic heterocycles. The van der Waals surface area contributed by atoms with Crippen molar-refractivity contribution in [3.8, 4) is 11.4 Å². The molecule has 0 spiro atoms. The molecule has 6 heteroatoms. The maximum atomic E-state index is 11.6. The first-order valence-electron chi connectivity index (χ1n) is 6.05. The zero-order valence-corrected chi connectivity index (χ0v) is 11.9. The predicted molar refractivity (Wildman–Crippen MR) is 77.2 cm³/mol. The first kappa shape index (κ1) is 12.8. The fourth-order valence-corrected chi connectivity index (χ4v) is 2.69. The van der Waals surface area contributed by atoms with E-state index in [0.717, 1.165) is 16.6 Å². The molecule has 0 unspecified atom stereocenters. The molecule has 0 fully saturated rings. The quantitative estimate of drug-likeness (QED) is 0.785. The maximum Gasteiger partial charge on any atom is 0.175 e. The van der Waals surface area contributed by atoms with E-state index in [1.54, 1.807) is 30.6 Å². The first-order valence-corrected chi connectivity index (χ1v) is 7.94. The third kappa shape index (κ3) is 2.30. The fraction of sp³-hybridized carbons (Fsp3) is 0.143. The summed E-state index contributed by atoms with van der Waals surface area (Å²) >= 11 is 0. The number of nitrogens with one attached hydrogen (secondary N) is 1. The molecule has 0 amide bonds. The Morgan fingerprint density at radius 3 is 2.65 bits per heavy atom. The Morgan fingerprint density at radius 1 is 1.15 bits per heavy atom. The summed E-state index contributed by atoms with van der Waals surface area (Å²) in [5, 5.41) is 0. The predicted octanol–water partition coefficient (Wildman–Crippen LogP) is 2.34. The van der Waals surface area contributed by atoms with Crippen molar-refractivity contribution in [2.24, 2.45) is 0 Å². The number of benzene rings is 1. The number of hydrogen-bond acceptors (Lipinski definition) is 4. The van der Waals surface area contributed by atoms with E-state index >= 15 is 0 Å². The lowest BCUT2D eigenvalue weighted by molar-refractivity contribution is 0.602. The minimum atomic E-state index is -3.22. The lowest BCUT2D eigenvalue weighted by atomic mass is 10.2. The van der Waals surface area contributed by atoms with E-state index in [1.807, 2.05) is 13.0 Å². The molecule has 0 radical (unpaired) electrons. The maximum absolute atomic E-state index is 11.6. The van der Waals surface area contributed by atoms with Crippen molar-refractivity contribution < 1.29 is 8.42 Å². The van der Waals surface area contributed by atoms with Gasteiger partial charge in [-0.05, 0) is 36.8 Å².